The van der Waals surface area contributed by atoms with Crippen molar-refractivity contribution >= 4 is 16.7 Å². The molecular formula is C18H16F2N4O2. The Morgan fingerprint density at radius 2 is 1.77 bits per heavy atom. The van der Waals surface area contributed by atoms with Crippen molar-refractivity contribution in [2.75, 3.05) is 32.2 Å². The zero-order chi connectivity index (χ0) is 18.3. The summed E-state index contributed by atoms with van der Waals surface area (Å²) in [6, 6.07) is 7.17. The number of ether oxygens (including phenoxy) is 2. The lowest BCUT2D eigenvalue weighted by Crippen LogP contribution is -2.56. The summed E-state index contributed by atoms with van der Waals surface area (Å²) >= 11 is 0. The quantitative estimate of drug-likeness (QED) is 0.714. The highest BCUT2D eigenvalue weighted by molar-refractivity contribution is 5.95. The summed E-state index contributed by atoms with van der Waals surface area (Å²) < 4.78 is 36.7. The van der Waals surface area contributed by atoms with Crippen LogP contribution in [0.4, 0.5) is 14.6 Å². The molecule has 1 aliphatic heterocycles. The third-order valence-electron chi connectivity index (χ3n) is 4.37. The molecule has 0 bridgehead atoms. The molecule has 0 radical (unpaired) electrons. The Kier molecular flexibility index (Phi) is 3.82. The SMILES string of the molecule is COc1cc2nncc(-c3ccc(N4CC(F)(F)C4)nc3)c2cc1OC. The van der Waals surface area contributed by atoms with Crippen molar-refractivity contribution in [2.45, 2.75) is 5.92 Å². The number of rotatable bonds is 4. The van der Waals surface area contributed by atoms with Crippen LogP contribution in [0.25, 0.3) is 22.0 Å². The van der Waals surface area contributed by atoms with Crippen molar-refractivity contribution in [3.63, 3.8) is 0 Å². The van der Waals surface area contributed by atoms with Crippen molar-refractivity contribution in [3.8, 4) is 22.6 Å². The molecular weight excluding hydrogens is 342 g/mol. The van der Waals surface area contributed by atoms with Crippen LogP contribution in [0.15, 0.2) is 36.7 Å². The van der Waals surface area contributed by atoms with E-state index >= 15 is 0 Å². The molecule has 6 nitrogen and oxygen atoms in total. The van der Waals surface area contributed by atoms with Gasteiger partial charge < -0.3 is 14.4 Å². The third kappa shape index (κ3) is 2.77. The Morgan fingerprint density at radius 3 is 2.38 bits per heavy atom. The first-order valence-corrected chi connectivity index (χ1v) is 7.97. The number of benzene rings is 1. The molecule has 0 saturated carbocycles. The molecule has 0 unspecified atom stereocenters. The van der Waals surface area contributed by atoms with E-state index in [-0.39, 0.29) is 13.1 Å². The van der Waals surface area contributed by atoms with Crippen molar-refractivity contribution < 1.29 is 18.3 Å². The molecule has 0 N–H and O–H groups in total. The highest BCUT2D eigenvalue weighted by Gasteiger charge is 2.44. The molecule has 8 heteroatoms. The van der Waals surface area contributed by atoms with Crippen LogP contribution < -0.4 is 14.4 Å². The average Bonchev–Trinajstić information content (AvgIpc) is 2.64. The second-order valence-electron chi connectivity index (χ2n) is 6.10. The van der Waals surface area contributed by atoms with Crippen molar-refractivity contribution in [2.24, 2.45) is 0 Å². The fourth-order valence-electron chi connectivity index (χ4n) is 3.02. The standard InChI is InChI=1S/C18H16F2N4O2/c1-25-15-5-12-13(8-22-23-14(12)6-16(15)26-2)11-3-4-17(21-7-11)24-9-18(19,20)10-24/h3-8H,9-10H2,1-2H3. The smallest absolute Gasteiger partial charge is 0.282 e. The number of alkyl halides is 2. The molecule has 0 aliphatic carbocycles. The summed E-state index contributed by atoms with van der Waals surface area (Å²) in [5.74, 6) is -0.938. The van der Waals surface area contributed by atoms with Crippen LogP contribution in [0.5, 0.6) is 11.5 Å². The lowest BCUT2D eigenvalue weighted by atomic mass is 10.0. The number of hydrogen-bond acceptors (Lipinski definition) is 6. The van der Waals surface area contributed by atoms with Crippen molar-refractivity contribution in [3.05, 3.63) is 36.7 Å². The van der Waals surface area contributed by atoms with Crippen LogP contribution in [0.1, 0.15) is 0 Å². The van der Waals surface area contributed by atoms with Crippen LogP contribution in [0.2, 0.25) is 0 Å². The molecule has 3 aromatic rings. The second kappa shape index (κ2) is 6.05. The van der Waals surface area contributed by atoms with Crippen LogP contribution in [-0.2, 0) is 0 Å². The van der Waals surface area contributed by atoms with E-state index in [2.05, 4.69) is 15.2 Å². The lowest BCUT2D eigenvalue weighted by molar-refractivity contribution is -0.0266. The van der Waals surface area contributed by atoms with Gasteiger partial charge in [0.05, 0.1) is 39.0 Å². The molecule has 4 rings (SSSR count). The fraction of sp³-hybridized carbons (Fsp3) is 0.278. The molecule has 2 aromatic heterocycles. The molecule has 0 atom stereocenters. The van der Waals surface area contributed by atoms with Gasteiger partial charge in [0.25, 0.3) is 5.92 Å². The van der Waals surface area contributed by atoms with E-state index in [9.17, 15) is 8.78 Å². The molecule has 1 saturated heterocycles. The topological polar surface area (TPSA) is 60.4 Å². The van der Waals surface area contributed by atoms with Gasteiger partial charge >= 0.3 is 0 Å². The summed E-state index contributed by atoms with van der Waals surface area (Å²) in [6.45, 7) is -0.591. The third-order valence-corrected chi connectivity index (χ3v) is 4.37. The summed E-state index contributed by atoms with van der Waals surface area (Å²) in [7, 11) is 3.13. The van der Waals surface area contributed by atoms with Gasteiger partial charge in [-0.2, -0.15) is 10.2 Å². The molecule has 1 fully saturated rings. The minimum absolute atomic E-state index is 0.296. The van der Waals surface area contributed by atoms with Crippen LogP contribution >= 0.6 is 0 Å². The summed E-state index contributed by atoms with van der Waals surface area (Å²) in [4.78, 5) is 5.86. The van der Waals surface area contributed by atoms with Gasteiger partial charge in [0.2, 0.25) is 0 Å². The molecule has 134 valence electrons. The van der Waals surface area contributed by atoms with E-state index in [4.69, 9.17) is 9.47 Å². The van der Waals surface area contributed by atoms with Crippen LogP contribution in [0.3, 0.4) is 0 Å². The Hall–Kier alpha value is -3.03. The van der Waals surface area contributed by atoms with Gasteiger partial charge in [0, 0.05) is 28.8 Å². The second-order valence-corrected chi connectivity index (χ2v) is 6.10. The predicted molar refractivity (Wildman–Crippen MR) is 93.0 cm³/mol. The van der Waals surface area contributed by atoms with E-state index in [0.717, 1.165) is 16.5 Å². The zero-order valence-corrected chi connectivity index (χ0v) is 14.2. The van der Waals surface area contributed by atoms with E-state index in [1.54, 1.807) is 43.6 Å². The van der Waals surface area contributed by atoms with Gasteiger partial charge in [-0.25, -0.2) is 13.8 Å². The highest BCUT2D eigenvalue weighted by atomic mass is 19.3. The van der Waals surface area contributed by atoms with Crippen LogP contribution in [0, 0.1) is 0 Å². The van der Waals surface area contributed by atoms with Gasteiger partial charge in [-0.1, -0.05) is 0 Å². The Morgan fingerprint density at radius 1 is 1.04 bits per heavy atom. The minimum atomic E-state index is -2.62. The maximum Gasteiger partial charge on any atom is 0.282 e. The average molecular weight is 358 g/mol. The number of aromatic nitrogens is 3. The summed E-state index contributed by atoms with van der Waals surface area (Å²) in [5.41, 5.74) is 2.30. The molecule has 26 heavy (non-hydrogen) atoms. The van der Waals surface area contributed by atoms with E-state index in [1.807, 2.05) is 12.1 Å². The molecule has 0 amide bonds. The summed E-state index contributed by atoms with van der Waals surface area (Å²) in [6.07, 6.45) is 3.29. The normalized spacial score (nSPS) is 15.6. The van der Waals surface area contributed by atoms with Gasteiger partial charge in [0.1, 0.15) is 5.82 Å². The van der Waals surface area contributed by atoms with Gasteiger partial charge in [-0.3, -0.25) is 0 Å². The lowest BCUT2D eigenvalue weighted by Gasteiger charge is -2.39. The zero-order valence-electron chi connectivity index (χ0n) is 14.2. The Bertz CT molecular complexity index is 955. The van der Waals surface area contributed by atoms with Gasteiger partial charge in [-0.15, -0.1) is 0 Å². The molecule has 1 aliphatic rings. The Labute approximate surface area is 148 Å². The van der Waals surface area contributed by atoms with E-state index in [1.165, 1.54) is 0 Å². The number of halogens is 2. The number of fused-ring (bicyclic) bond motifs is 1. The number of pyridine rings is 1. The first kappa shape index (κ1) is 16.4. The van der Waals surface area contributed by atoms with E-state index in [0.29, 0.717) is 22.8 Å². The maximum absolute atomic E-state index is 13.0. The van der Waals surface area contributed by atoms with E-state index < -0.39 is 5.92 Å². The largest absolute Gasteiger partial charge is 0.493 e. The number of anilines is 1. The monoisotopic (exact) mass is 358 g/mol. The first-order valence-electron chi connectivity index (χ1n) is 7.97. The number of methoxy groups -OCH3 is 2. The Balaban J connectivity index is 1.72. The number of hydrogen-bond donors (Lipinski definition) is 0. The van der Waals surface area contributed by atoms with Crippen molar-refractivity contribution in [1.82, 2.24) is 15.2 Å². The maximum atomic E-state index is 13.0. The molecule has 0 spiro atoms. The fourth-order valence-corrected chi connectivity index (χ4v) is 3.02. The summed E-state index contributed by atoms with van der Waals surface area (Å²) in [5, 5.41) is 9.01. The predicted octanol–water partition coefficient (Wildman–Crippen LogP) is 3.16. The number of nitrogens with zero attached hydrogens (tertiary/aromatic N) is 4. The molecule has 1 aromatic carbocycles. The minimum Gasteiger partial charge on any atom is -0.493 e. The first-order chi connectivity index (χ1) is 12.5. The van der Waals surface area contributed by atoms with Gasteiger partial charge in [0.15, 0.2) is 11.5 Å². The highest BCUT2D eigenvalue weighted by Crippen LogP contribution is 2.36. The van der Waals surface area contributed by atoms with Crippen LogP contribution in [-0.4, -0.2) is 48.4 Å². The van der Waals surface area contributed by atoms with Crippen molar-refractivity contribution in [1.29, 1.82) is 0 Å². The van der Waals surface area contributed by atoms with Gasteiger partial charge in [-0.05, 0) is 18.2 Å². The molecule has 3 heterocycles.